The second kappa shape index (κ2) is 9.34. The lowest BCUT2D eigenvalue weighted by atomic mass is 10.1. The third kappa shape index (κ3) is 4.51. The van der Waals surface area contributed by atoms with Crippen molar-refractivity contribution in [3.8, 4) is 11.5 Å². The molecule has 4 rings (SSSR count). The number of benzene rings is 2. The molecule has 2 atom stereocenters. The molecule has 2 heterocycles. The van der Waals surface area contributed by atoms with Crippen molar-refractivity contribution in [1.82, 2.24) is 9.97 Å². The van der Waals surface area contributed by atoms with Crippen molar-refractivity contribution < 1.29 is 17.7 Å². The number of hydrogen-bond donors (Lipinski definition) is 0. The summed E-state index contributed by atoms with van der Waals surface area (Å²) in [5.74, 6) is 1.88. The van der Waals surface area contributed by atoms with Crippen LogP contribution in [0.2, 0.25) is 0 Å². The summed E-state index contributed by atoms with van der Waals surface area (Å²) in [6.45, 7) is 2.57. The molecule has 2 unspecified atom stereocenters. The largest absolute Gasteiger partial charge is 0.750 e. The van der Waals surface area contributed by atoms with E-state index in [2.05, 4.69) is 21.8 Å². The molecule has 0 saturated carbocycles. The van der Waals surface area contributed by atoms with Gasteiger partial charge >= 0.3 is 0 Å². The molecule has 8 heteroatoms. The van der Waals surface area contributed by atoms with E-state index < -0.39 is 17.5 Å². The Kier molecular flexibility index (Phi) is 6.37. The second-order valence-corrected chi connectivity index (χ2v) is 7.52. The predicted molar refractivity (Wildman–Crippen MR) is 113 cm³/mol. The van der Waals surface area contributed by atoms with E-state index in [1.54, 1.807) is 6.20 Å². The molecule has 0 radical (unpaired) electrons. The third-order valence-corrected chi connectivity index (χ3v) is 5.26. The number of aromatic nitrogens is 2. The fourth-order valence-electron chi connectivity index (χ4n) is 3.55. The molecule has 1 aromatic heterocycles. The van der Waals surface area contributed by atoms with Crippen LogP contribution in [0.3, 0.4) is 0 Å². The monoisotopic (exact) mass is 424 g/mol. The van der Waals surface area contributed by atoms with Crippen LogP contribution in [-0.4, -0.2) is 25.3 Å². The Labute approximate surface area is 178 Å². The summed E-state index contributed by atoms with van der Waals surface area (Å²) in [5.41, 5.74) is 2.70. The number of aryl methyl sites for hydroxylation is 1. The van der Waals surface area contributed by atoms with Crippen LogP contribution < -0.4 is 9.64 Å². The Morgan fingerprint density at radius 1 is 1.10 bits per heavy atom. The van der Waals surface area contributed by atoms with E-state index >= 15 is 0 Å². The Morgan fingerprint density at radius 3 is 2.40 bits per heavy atom. The van der Waals surface area contributed by atoms with Gasteiger partial charge in [0.15, 0.2) is 17.3 Å². The minimum atomic E-state index is -2.68. The number of rotatable bonds is 8. The Bertz CT molecular complexity index is 1000. The van der Waals surface area contributed by atoms with Gasteiger partial charge in [-0.15, -0.1) is 0 Å². The third-order valence-electron chi connectivity index (χ3n) is 4.87. The van der Waals surface area contributed by atoms with Crippen molar-refractivity contribution in [3.05, 3.63) is 72.3 Å². The number of nitrogens with zero attached hydrogens (tertiary/aromatic N) is 3. The minimum absolute atomic E-state index is 0.375. The molecule has 7 nitrogen and oxygen atoms in total. The molecule has 1 aliphatic rings. The van der Waals surface area contributed by atoms with Crippen LogP contribution in [0.4, 0.5) is 11.4 Å². The minimum Gasteiger partial charge on any atom is -0.750 e. The van der Waals surface area contributed by atoms with Crippen LogP contribution in [0.5, 0.6) is 11.5 Å². The van der Waals surface area contributed by atoms with Gasteiger partial charge in [-0.05, 0) is 36.8 Å². The first-order chi connectivity index (χ1) is 14.7. The average Bonchev–Trinajstić information content (AvgIpc) is 2.76. The van der Waals surface area contributed by atoms with Gasteiger partial charge < -0.3 is 14.2 Å². The zero-order chi connectivity index (χ0) is 20.9. The molecule has 0 saturated heterocycles. The maximum Gasteiger partial charge on any atom is 0.158 e. The highest BCUT2D eigenvalue weighted by atomic mass is 32.2. The lowest BCUT2D eigenvalue weighted by Gasteiger charge is -2.33. The van der Waals surface area contributed by atoms with Gasteiger partial charge in [0.2, 0.25) is 0 Å². The first-order valence-corrected chi connectivity index (χ1v) is 10.9. The SMILES string of the molecule is CCCc1ccnc(C(CCN2c3ccccc3Oc3ccccc32)OS(=O)[O-])n1. The second-order valence-electron chi connectivity index (χ2n) is 6.92. The highest BCUT2D eigenvalue weighted by molar-refractivity contribution is 7.74. The van der Waals surface area contributed by atoms with Gasteiger partial charge in [-0.2, -0.15) is 0 Å². The number of para-hydroxylation sites is 4. The summed E-state index contributed by atoms with van der Waals surface area (Å²) >= 11 is -2.68. The zero-order valence-corrected chi connectivity index (χ0v) is 17.4. The molecule has 156 valence electrons. The maximum atomic E-state index is 11.3. The van der Waals surface area contributed by atoms with E-state index in [9.17, 15) is 8.76 Å². The van der Waals surface area contributed by atoms with Crippen LogP contribution in [0.15, 0.2) is 60.8 Å². The molecular formula is C22H22N3O4S-. The van der Waals surface area contributed by atoms with E-state index in [-0.39, 0.29) is 0 Å². The van der Waals surface area contributed by atoms with Gasteiger partial charge in [0, 0.05) is 24.9 Å². The summed E-state index contributed by atoms with van der Waals surface area (Å²) < 4.78 is 33.8. The van der Waals surface area contributed by atoms with E-state index in [1.807, 2.05) is 54.6 Å². The lowest BCUT2D eigenvalue weighted by Crippen LogP contribution is -2.25. The van der Waals surface area contributed by atoms with Gasteiger partial charge in [-0.25, -0.2) is 14.2 Å². The van der Waals surface area contributed by atoms with E-state index in [0.717, 1.165) is 41.4 Å². The van der Waals surface area contributed by atoms with Gasteiger partial charge in [0.05, 0.1) is 22.7 Å². The molecule has 1 aliphatic heterocycles. The summed E-state index contributed by atoms with van der Waals surface area (Å²) in [7, 11) is 0. The van der Waals surface area contributed by atoms with Crippen LogP contribution in [0.25, 0.3) is 0 Å². The Morgan fingerprint density at radius 2 is 1.77 bits per heavy atom. The number of hydrogen-bond acceptors (Lipinski definition) is 7. The molecule has 2 aromatic carbocycles. The number of ether oxygens (including phenoxy) is 1. The molecule has 0 spiro atoms. The molecule has 30 heavy (non-hydrogen) atoms. The summed E-state index contributed by atoms with van der Waals surface area (Å²) in [6, 6.07) is 17.4. The number of fused-ring (bicyclic) bond motifs is 2. The molecule has 0 amide bonds. The van der Waals surface area contributed by atoms with E-state index in [0.29, 0.717) is 18.8 Å². The fraction of sp³-hybridized carbons (Fsp3) is 0.273. The molecule has 0 aliphatic carbocycles. The molecular weight excluding hydrogens is 402 g/mol. The van der Waals surface area contributed by atoms with Gasteiger partial charge in [-0.3, -0.25) is 4.18 Å². The van der Waals surface area contributed by atoms with E-state index in [4.69, 9.17) is 8.92 Å². The summed E-state index contributed by atoms with van der Waals surface area (Å²) in [5, 5.41) is 0. The van der Waals surface area contributed by atoms with Crippen molar-refractivity contribution in [2.24, 2.45) is 0 Å². The molecule has 0 fully saturated rings. The molecule has 0 N–H and O–H groups in total. The van der Waals surface area contributed by atoms with Crippen LogP contribution >= 0.6 is 0 Å². The Hall–Kier alpha value is -2.81. The predicted octanol–water partition coefficient (Wildman–Crippen LogP) is 4.62. The first kappa shape index (κ1) is 20.5. The van der Waals surface area contributed by atoms with Gasteiger partial charge in [-0.1, -0.05) is 37.6 Å². The average molecular weight is 425 g/mol. The number of anilines is 2. The normalized spacial score (nSPS) is 14.4. The van der Waals surface area contributed by atoms with Crippen LogP contribution in [0.1, 0.15) is 37.4 Å². The Balaban J connectivity index is 1.61. The quantitative estimate of drug-likeness (QED) is 0.488. The van der Waals surface area contributed by atoms with Gasteiger partial charge in [0.25, 0.3) is 0 Å². The molecule has 3 aromatic rings. The zero-order valence-electron chi connectivity index (χ0n) is 16.6. The lowest BCUT2D eigenvalue weighted by molar-refractivity contribution is 0.187. The summed E-state index contributed by atoms with van der Waals surface area (Å²) in [4.78, 5) is 10.9. The smallest absolute Gasteiger partial charge is 0.158 e. The standard InChI is InChI=1S/C22H23N3O4S/c1-2-7-16-12-14-23-22(24-16)21(29-30(26)27)13-15-25-17-8-3-5-10-19(17)28-20-11-6-4-9-18(20)25/h3-6,8-12,14,21H,2,7,13,15H2,1H3,(H,26,27)/p-1. The highest BCUT2D eigenvalue weighted by Crippen LogP contribution is 2.46. The van der Waals surface area contributed by atoms with Crippen LogP contribution in [-0.2, 0) is 22.0 Å². The van der Waals surface area contributed by atoms with Crippen molar-refractivity contribution in [2.75, 3.05) is 11.4 Å². The topological polar surface area (TPSA) is 87.6 Å². The maximum absolute atomic E-state index is 11.3. The van der Waals surface area contributed by atoms with Gasteiger partial charge in [0.1, 0.15) is 6.10 Å². The van der Waals surface area contributed by atoms with E-state index in [1.165, 1.54) is 0 Å². The summed E-state index contributed by atoms with van der Waals surface area (Å²) in [6.07, 6.45) is 2.99. The molecule has 0 bridgehead atoms. The van der Waals surface area contributed by atoms with Crippen molar-refractivity contribution in [1.29, 1.82) is 0 Å². The fourth-order valence-corrected chi connectivity index (χ4v) is 3.92. The van der Waals surface area contributed by atoms with Crippen molar-refractivity contribution in [3.63, 3.8) is 0 Å². The van der Waals surface area contributed by atoms with Crippen LogP contribution in [0, 0.1) is 0 Å². The highest BCUT2D eigenvalue weighted by Gasteiger charge is 2.26. The van der Waals surface area contributed by atoms with Crippen molar-refractivity contribution in [2.45, 2.75) is 32.3 Å². The first-order valence-electron chi connectivity index (χ1n) is 9.87. The van der Waals surface area contributed by atoms with Crippen molar-refractivity contribution >= 4 is 22.7 Å².